The topological polar surface area (TPSA) is 83.5 Å². The molecule has 1 atom stereocenters. The lowest BCUT2D eigenvalue weighted by atomic mass is 10.2. The summed E-state index contributed by atoms with van der Waals surface area (Å²) in [4.78, 5) is 10.4. The molecular weight excluding hydrogens is 218 g/mol. The molecule has 0 aromatic heterocycles. The van der Waals surface area contributed by atoms with E-state index >= 15 is 0 Å². The van der Waals surface area contributed by atoms with Gasteiger partial charge in [-0.3, -0.25) is 4.79 Å². The number of aliphatic carboxylic acids is 1. The number of carboxylic acids is 1. The normalized spacial score (nSPS) is 13.1. The van der Waals surface area contributed by atoms with Crippen LogP contribution < -0.4 is 5.32 Å². The highest BCUT2D eigenvalue weighted by atomic mass is 35.5. The maximum atomic E-state index is 10.7. The van der Waals surface area contributed by atoms with Crippen molar-refractivity contribution < 1.29 is 18.3 Å². The van der Waals surface area contributed by atoms with E-state index in [2.05, 4.69) is 5.32 Å². The van der Waals surface area contributed by atoms with Gasteiger partial charge in [0, 0.05) is 6.26 Å². The van der Waals surface area contributed by atoms with Gasteiger partial charge in [0.15, 0.2) is 0 Å². The molecule has 5 nitrogen and oxygen atoms in total. The van der Waals surface area contributed by atoms with Gasteiger partial charge in [-0.15, -0.1) is 12.4 Å². The summed E-state index contributed by atoms with van der Waals surface area (Å²) >= 11 is 0. The summed E-state index contributed by atoms with van der Waals surface area (Å²) in [5.41, 5.74) is 0. The monoisotopic (exact) mass is 231 g/mol. The fourth-order valence-electron chi connectivity index (χ4n) is 0.723. The number of carboxylic acid groups (broad SMARTS) is 1. The van der Waals surface area contributed by atoms with Gasteiger partial charge >= 0.3 is 5.97 Å². The zero-order valence-corrected chi connectivity index (χ0v) is 9.11. The van der Waals surface area contributed by atoms with Crippen molar-refractivity contribution in [2.24, 2.45) is 0 Å². The largest absolute Gasteiger partial charge is 0.480 e. The molecule has 0 bridgehead atoms. The molecule has 80 valence electrons. The summed E-state index contributed by atoms with van der Waals surface area (Å²) in [5.74, 6) is -1.13. The Kier molecular flexibility index (Phi) is 7.20. The first-order valence-corrected chi connectivity index (χ1v) is 5.50. The summed E-state index contributed by atoms with van der Waals surface area (Å²) < 4.78 is 21.3. The van der Waals surface area contributed by atoms with E-state index in [-0.39, 0.29) is 24.6 Å². The minimum atomic E-state index is -3.07. The smallest absolute Gasteiger partial charge is 0.320 e. The molecule has 0 amide bonds. The fraction of sp³-hybridized carbons (Fsp3) is 0.833. The van der Waals surface area contributed by atoms with E-state index in [1.54, 1.807) is 0 Å². The third kappa shape index (κ3) is 8.01. The summed E-state index contributed by atoms with van der Waals surface area (Å²) in [6.07, 6.45) is 1.19. The molecule has 0 unspecified atom stereocenters. The van der Waals surface area contributed by atoms with Gasteiger partial charge in [-0.25, -0.2) is 8.42 Å². The number of sulfone groups is 1. The lowest BCUT2D eigenvalue weighted by Crippen LogP contribution is -2.35. The van der Waals surface area contributed by atoms with E-state index < -0.39 is 21.8 Å². The Morgan fingerprint density at radius 2 is 2.00 bits per heavy atom. The molecule has 0 radical (unpaired) electrons. The SMILES string of the molecule is CN[C@@H](CCS(C)(=O)=O)C(=O)O.Cl. The Morgan fingerprint density at radius 1 is 1.54 bits per heavy atom. The number of nitrogens with one attached hydrogen (secondary N) is 1. The van der Waals surface area contributed by atoms with Crippen LogP contribution in [0, 0.1) is 0 Å². The Morgan fingerprint density at radius 3 is 2.23 bits per heavy atom. The van der Waals surface area contributed by atoms with Crippen molar-refractivity contribution in [3.63, 3.8) is 0 Å². The predicted molar refractivity (Wildman–Crippen MR) is 52.1 cm³/mol. The second-order valence-electron chi connectivity index (χ2n) is 2.60. The van der Waals surface area contributed by atoms with Gasteiger partial charge < -0.3 is 10.4 Å². The number of hydrogen-bond donors (Lipinski definition) is 2. The molecule has 0 spiro atoms. The standard InChI is InChI=1S/C6H13NO4S.ClH/c1-7-5(6(8)9)3-4-12(2,10)11;/h5,7H,3-4H2,1-2H3,(H,8,9);1H/t5-;/m0./s1. The summed E-state index contributed by atoms with van der Waals surface area (Å²) in [7, 11) is -1.58. The Hall–Kier alpha value is -0.330. The van der Waals surface area contributed by atoms with Gasteiger partial charge in [-0.05, 0) is 13.5 Å². The maximum absolute atomic E-state index is 10.7. The van der Waals surface area contributed by atoms with Crippen LogP contribution in [0.5, 0.6) is 0 Å². The highest BCUT2D eigenvalue weighted by molar-refractivity contribution is 7.90. The molecule has 0 saturated heterocycles. The molecule has 2 N–H and O–H groups in total. The van der Waals surface area contributed by atoms with Gasteiger partial charge in [-0.2, -0.15) is 0 Å². The molecule has 0 fully saturated rings. The minimum Gasteiger partial charge on any atom is -0.480 e. The Balaban J connectivity index is 0. The van der Waals surface area contributed by atoms with E-state index in [4.69, 9.17) is 5.11 Å². The number of likely N-dealkylation sites (N-methyl/N-ethyl adjacent to an activating group) is 1. The molecule has 13 heavy (non-hydrogen) atoms. The molecular formula is C6H14ClNO4S. The third-order valence-electron chi connectivity index (χ3n) is 1.42. The van der Waals surface area contributed by atoms with Crippen molar-refractivity contribution in [2.75, 3.05) is 19.1 Å². The van der Waals surface area contributed by atoms with E-state index in [1.807, 2.05) is 0 Å². The Labute approximate surface area is 83.8 Å². The van der Waals surface area contributed by atoms with Crippen LogP contribution in [0.4, 0.5) is 0 Å². The summed E-state index contributed by atoms with van der Waals surface area (Å²) in [6.45, 7) is 0. The zero-order valence-electron chi connectivity index (χ0n) is 7.48. The lowest BCUT2D eigenvalue weighted by Gasteiger charge is -2.09. The van der Waals surface area contributed by atoms with Crippen LogP contribution in [0.1, 0.15) is 6.42 Å². The molecule has 0 heterocycles. The quantitative estimate of drug-likeness (QED) is 0.668. The van der Waals surface area contributed by atoms with E-state index in [0.717, 1.165) is 6.26 Å². The van der Waals surface area contributed by atoms with Crippen molar-refractivity contribution in [1.29, 1.82) is 0 Å². The second-order valence-corrected chi connectivity index (χ2v) is 4.86. The number of carbonyl (C=O) groups is 1. The van der Waals surface area contributed by atoms with E-state index in [9.17, 15) is 13.2 Å². The van der Waals surface area contributed by atoms with Gasteiger partial charge in [0.2, 0.25) is 0 Å². The average molecular weight is 232 g/mol. The van der Waals surface area contributed by atoms with Crippen LogP contribution in [0.3, 0.4) is 0 Å². The van der Waals surface area contributed by atoms with E-state index in [0.29, 0.717) is 0 Å². The Bertz CT molecular complexity index is 251. The number of rotatable bonds is 5. The average Bonchev–Trinajstić information content (AvgIpc) is 1.85. The van der Waals surface area contributed by atoms with Crippen LogP contribution >= 0.6 is 12.4 Å². The van der Waals surface area contributed by atoms with Crippen molar-refractivity contribution >= 4 is 28.2 Å². The first-order chi connectivity index (χ1) is 5.37. The van der Waals surface area contributed by atoms with Gasteiger partial charge in [0.25, 0.3) is 0 Å². The van der Waals surface area contributed by atoms with Gasteiger partial charge in [-0.1, -0.05) is 0 Å². The first-order valence-electron chi connectivity index (χ1n) is 3.44. The number of hydrogen-bond acceptors (Lipinski definition) is 4. The zero-order chi connectivity index (χ0) is 9.78. The van der Waals surface area contributed by atoms with E-state index in [1.165, 1.54) is 7.05 Å². The molecule has 0 aliphatic carbocycles. The van der Waals surface area contributed by atoms with Crippen LogP contribution in [0.15, 0.2) is 0 Å². The minimum absolute atomic E-state index is 0. The van der Waals surface area contributed by atoms with Gasteiger partial charge in [0.05, 0.1) is 5.75 Å². The molecule has 0 aliphatic heterocycles. The molecule has 0 aliphatic rings. The predicted octanol–water partition coefficient (Wildman–Crippen LogP) is -0.484. The first kappa shape index (κ1) is 15.2. The van der Waals surface area contributed by atoms with Crippen molar-refractivity contribution in [2.45, 2.75) is 12.5 Å². The third-order valence-corrected chi connectivity index (χ3v) is 2.40. The van der Waals surface area contributed by atoms with Crippen LogP contribution in [-0.4, -0.2) is 44.6 Å². The second kappa shape index (κ2) is 6.17. The summed E-state index contributed by atoms with van der Waals surface area (Å²) in [6, 6.07) is -0.778. The molecule has 0 rings (SSSR count). The van der Waals surface area contributed by atoms with Gasteiger partial charge in [0.1, 0.15) is 15.9 Å². The number of halogens is 1. The highest BCUT2D eigenvalue weighted by Gasteiger charge is 2.16. The molecule has 0 saturated carbocycles. The molecule has 0 aromatic carbocycles. The van der Waals surface area contributed by atoms with Crippen LogP contribution in [0.25, 0.3) is 0 Å². The fourth-order valence-corrected chi connectivity index (χ4v) is 1.39. The van der Waals surface area contributed by atoms with Crippen LogP contribution in [-0.2, 0) is 14.6 Å². The maximum Gasteiger partial charge on any atom is 0.320 e. The van der Waals surface area contributed by atoms with Crippen molar-refractivity contribution in [1.82, 2.24) is 5.32 Å². The molecule has 7 heteroatoms. The summed E-state index contributed by atoms with van der Waals surface area (Å²) in [5, 5.41) is 11.0. The van der Waals surface area contributed by atoms with Crippen LogP contribution in [0.2, 0.25) is 0 Å². The lowest BCUT2D eigenvalue weighted by molar-refractivity contribution is -0.139. The van der Waals surface area contributed by atoms with Crippen molar-refractivity contribution in [3.8, 4) is 0 Å². The van der Waals surface area contributed by atoms with Crippen molar-refractivity contribution in [3.05, 3.63) is 0 Å². The molecule has 0 aromatic rings. The highest BCUT2D eigenvalue weighted by Crippen LogP contribution is 1.95.